The normalized spacial score (nSPS) is 14.0. The molecular weight excluding hydrogens is 292 g/mol. The molecule has 1 aromatic carbocycles. The molecule has 21 heavy (non-hydrogen) atoms. The van der Waals surface area contributed by atoms with E-state index in [1.54, 1.807) is 12.1 Å². The van der Waals surface area contributed by atoms with Crippen LogP contribution in [0.3, 0.4) is 0 Å². The van der Waals surface area contributed by atoms with Crippen molar-refractivity contribution in [2.24, 2.45) is 0 Å². The highest BCUT2D eigenvalue weighted by atomic mass is 35.5. The first-order chi connectivity index (χ1) is 10.1. The summed E-state index contributed by atoms with van der Waals surface area (Å²) in [6.07, 6.45) is 0. The summed E-state index contributed by atoms with van der Waals surface area (Å²) in [7, 11) is 0. The summed E-state index contributed by atoms with van der Waals surface area (Å²) in [5.41, 5.74) is 0.913. The maximum Gasteiger partial charge on any atom is 0.356 e. The lowest BCUT2D eigenvalue weighted by atomic mass is 10.2. The van der Waals surface area contributed by atoms with Crippen molar-refractivity contribution in [2.75, 3.05) is 18.1 Å². The summed E-state index contributed by atoms with van der Waals surface area (Å²) in [5.74, 6) is 0.304. The van der Waals surface area contributed by atoms with Crippen LogP contribution in [0.25, 0.3) is 0 Å². The molecule has 6 heteroatoms. The van der Waals surface area contributed by atoms with Gasteiger partial charge >= 0.3 is 5.97 Å². The summed E-state index contributed by atoms with van der Waals surface area (Å²) in [4.78, 5) is 17.3. The Bertz CT molecular complexity index is 690. The predicted octanol–water partition coefficient (Wildman–Crippen LogP) is 2.83. The highest BCUT2D eigenvalue weighted by Crippen LogP contribution is 2.26. The lowest BCUT2D eigenvalue weighted by Gasteiger charge is -2.21. The SMILES string of the molecule is O=C(O)c1nc(N2CCOc3ccccc3C2)ccc1Cl. The van der Waals surface area contributed by atoms with Crippen LogP contribution in [0.1, 0.15) is 16.1 Å². The number of carboxylic acid groups (broad SMARTS) is 1. The number of benzene rings is 1. The Morgan fingerprint density at radius 3 is 2.90 bits per heavy atom. The van der Waals surface area contributed by atoms with E-state index in [-0.39, 0.29) is 10.7 Å². The zero-order valence-corrected chi connectivity index (χ0v) is 11.9. The number of aromatic carboxylic acids is 1. The molecule has 1 aliphatic heterocycles. The average molecular weight is 305 g/mol. The average Bonchev–Trinajstić information content (AvgIpc) is 2.69. The number of pyridine rings is 1. The lowest BCUT2D eigenvalue weighted by Crippen LogP contribution is -2.26. The van der Waals surface area contributed by atoms with Crippen LogP contribution in [0.4, 0.5) is 5.82 Å². The van der Waals surface area contributed by atoms with E-state index in [0.717, 1.165) is 11.3 Å². The molecule has 3 rings (SSSR count). The van der Waals surface area contributed by atoms with Gasteiger partial charge in [-0.1, -0.05) is 29.8 Å². The third-order valence-corrected chi connectivity index (χ3v) is 3.62. The molecule has 2 heterocycles. The van der Waals surface area contributed by atoms with Gasteiger partial charge in [-0.25, -0.2) is 9.78 Å². The van der Waals surface area contributed by atoms with Crippen LogP contribution in [0, 0.1) is 0 Å². The molecular formula is C15H13ClN2O3. The molecule has 0 bridgehead atoms. The molecule has 0 radical (unpaired) electrons. The topological polar surface area (TPSA) is 62.7 Å². The molecule has 1 N–H and O–H groups in total. The lowest BCUT2D eigenvalue weighted by molar-refractivity contribution is 0.0691. The standard InChI is InChI=1S/C15H13ClN2O3/c16-11-5-6-13(17-14(11)15(19)20)18-7-8-21-12-4-2-1-3-10(12)9-18/h1-6H,7-9H2,(H,19,20). The number of hydrogen-bond acceptors (Lipinski definition) is 4. The van der Waals surface area contributed by atoms with Crippen molar-refractivity contribution in [3.63, 3.8) is 0 Å². The second-order valence-electron chi connectivity index (χ2n) is 4.68. The second-order valence-corrected chi connectivity index (χ2v) is 5.09. The number of aromatic nitrogens is 1. The number of carbonyl (C=O) groups is 1. The molecule has 0 fully saturated rings. The first kappa shape index (κ1) is 13.7. The molecule has 0 amide bonds. The van der Waals surface area contributed by atoms with Crippen molar-refractivity contribution in [1.82, 2.24) is 4.98 Å². The van der Waals surface area contributed by atoms with E-state index >= 15 is 0 Å². The highest BCUT2D eigenvalue weighted by molar-refractivity contribution is 6.33. The summed E-state index contributed by atoms with van der Waals surface area (Å²) in [6.45, 7) is 1.76. The Morgan fingerprint density at radius 2 is 2.10 bits per heavy atom. The van der Waals surface area contributed by atoms with Crippen LogP contribution in [0.15, 0.2) is 36.4 Å². The molecule has 0 saturated carbocycles. The van der Waals surface area contributed by atoms with E-state index in [0.29, 0.717) is 25.5 Å². The van der Waals surface area contributed by atoms with Crippen molar-refractivity contribution in [3.8, 4) is 5.75 Å². The maximum absolute atomic E-state index is 11.1. The van der Waals surface area contributed by atoms with Crippen molar-refractivity contribution in [2.45, 2.75) is 6.54 Å². The number of para-hydroxylation sites is 1. The van der Waals surface area contributed by atoms with Crippen molar-refractivity contribution in [1.29, 1.82) is 0 Å². The Balaban J connectivity index is 1.94. The van der Waals surface area contributed by atoms with Crippen molar-refractivity contribution in [3.05, 3.63) is 52.7 Å². The number of nitrogens with zero attached hydrogens (tertiary/aromatic N) is 2. The first-order valence-corrected chi connectivity index (χ1v) is 6.88. The maximum atomic E-state index is 11.1. The van der Waals surface area contributed by atoms with E-state index in [4.69, 9.17) is 21.4 Å². The van der Waals surface area contributed by atoms with Crippen LogP contribution >= 0.6 is 11.6 Å². The first-order valence-electron chi connectivity index (χ1n) is 6.50. The zero-order valence-electron chi connectivity index (χ0n) is 11.1. The van der Waals surface area contributed by atoms with Gasteiger partial charge in [0.1, 0.15) is 18.2 Å². The fourth-order valence-corrected chi connectivity index (χ4v) is 2.47. The smallest absolute Gasteiger partial charge is 0.356 e. The monoisotopic (exact) mass is 304 g/mol. The van der Waals surface area contributed by atoms with Crippen LogP contribution in [-0.4, -0.2) is 29.2 Å². The minimum Gasteiger partial charge on any atom is -0.491 e. The minimum atomic E-state index is -1.13. The van der Waals surface area contributed by atoms with Gasteiger partial charge in [0.05, 0.1) is 11.6 Å². The summed E-state index contributed by atoms with van der Waals surface area (Å²) in [5, 5.41) is 9.25. The Kier molecular flexibility index (Phi) is 3.66. The number of halogens is 1. The van der Waals surface area contributed by atoms with Gasteiger partial charge in [0.2, 0.25) is 0 Å². The second kappa shape index (κ2) is 5.61. The third-order valence-electron chi connectivity index (χ3n) is 3.31. The van der Waals surface area contributed by atoms with Gasteiger partial charge in [-0.15, -0.1) is 0 Å². The molecule has 0 spiro atoms. The van der Waals surface area contributed by atoms with Gasteiger partial charge in [0.25, 0.3) is 0 Å². The van der Waals surface area contributed by atoms with Crippen molar-refractivity contribution < 1.29 is 14.6 Å². The third kappa shape index (κ3) is 2.78. The van der Waals surface area contributed by atoms with Crippen LogP contribution in [0.5, 0.6) is 5.75 Å². The molecule has 0 atom stereocenters. The van der Waals surface area contributed by atoms with E-state index < -0.39 is 5.97 Å². The summed E-state index contributed by atoms with van der Waals surface area (Å²) < 4.78 is 5.69. The molecule has 5 nitrogen and oxygen atoms in total. The highest BCUT2D eigenvalue weighted by Gasteiger charge is 2.19. The molecule has 1 aromatic heterocycles. The van der Waals surface area contributed by atoms with Gasteiger partial charge in [-0.05, 0) is 18.2 Å². The molecule has 0 unspecified atom stereocenters. The number of carboxylic acids is 1. The predicted molar refractivity (Wildman–Crippen MR) is 79.2 cm³/mol. The van der Waals surface area contributed by atoms with Gasteiger partial charge < -0.3 is 14.7 Å². The van der Waals surface area contributed by atoms with E-state index in [9.17, 15) is 4.79 Å². The number of ether oxygens (including phenoxy) is 1. The molecule has 1 aliphatic rings. The summed E-state index contributed by atoms with van der Waals surface area (Å²) >= 11 is 5.86. The number of hydrogen-bond donors (Lipinski definition) is 1. The molecule has 108 valence electrons. The van der Waals surface area contributed by atoms with Gasteiger partial charge in [-0.2, -0.15) is 0 Å². The number of fused-ring (bicyclic) bond motifs is 1. The summed E-state index contributed by atoms with van der Waals surface area (Å²) in [6, 6.07) is 11.1. The van der Waals surface area contributed by atoms with Gasteiger partial charge in [-0.3, -0.25) is 0 Å². The van der Waals surface area contributed by atoms with E-state index in [1.165, 1.54) is 0 Å². The largest absolute Gasteiger partial charge is 0.491 e. The van der Waals surface area contributed by atoms with Crippen LogP contribution < -0.4 is 9.64 Å². The Hall–Kier alpha value is -2.27. The Labute approximate surface area is 126 Å². The number of rotatable bonds is 2. The molecule has 0 saturated heterocycles. The molecule has 0 aliphatic carbocycles. The van der Waals surface area contributed by atoms with Crippen LogP contribution in [0.2, 0.25) is 5.02 Å². The van der Waals surface area contributed by atoms with E-state index in [2.05, 4.69) is 4.98 Å². The van der Waals surface area contributed by atoms with E-state index in [1.807, 2.05) is 29.2 Å². The Morgan fingerprint density at radius 1 is 1.29 bits per heavy atom. The fraction of sp³-hybridized carbons (Fsp3) is 0.200. The number of anilines is 1. The van der Waals surface area contributed by atoms with Gasteiger partial charge in [0.15, 0.2) is 5.69 Å². The quantitative estimate of drug-likeness (QED) is 0.924. The van der Waals surface area contributed by atoms with Gasteiger partial charge in [0, 0.05) is 12.1 Å². The minimum absolute atomic E-state index is 0.132. The fourth-order valence-electron chi connectivity index (χ4n) is 2.28. The molecule has 2 aromatic rings. The zero-order chi connectivity index (χ0) is 14.8. The van der Waals surface area contributed by atoms with Crippen LogP contribution in [-0.2, 0) is 6.54 Å². The van der Waals surface area contributed by atoms with Crippen molar-refractivity contribution >= 4 is 23.4 Å².